The molecule has 81 valence electrons. The van der Waals surface area contributed by atoms with Crippen LogP contribution in [0.2, 0.25) is 0 Å². The molecule has 0 N–H and O–H groups in total. The summed E-state index contributed by atoms with van der Waals surface area (Å²) in [4.78, 5) is 7.22. The van der Waals surface area contributed by atoms with E-state index in [1.807, 2.05) is 0 Å². The van der Waals surface area contributed by atoms with Gasteiger partial charge in [-0.2, -0.15) is 0 Å². The molecule has 2 nitrogen and oxygen atoms in total. The van der Waals surface area contributed by atoms with Crippen molar-refractivity contribution in [1.29, 1.82) is 0 Å². The Morgan fingerprint density at radius 3 is 3.12 bits per heavy atom. The van der Waals surface area contributed by atoms with Gasteiger partial charge in [-0.1, -0.05) is 0 Å². The Kier molecular flexibility index (Phi) is 2.15. The largest absolute Gasteiger partial charge is 0.293 e. The zero-order chi connectivity index (χ0) is 9.99. The van der Waals surface area contributed by atoms with Crippen molar-refractivity contribution in [1.82, 2.24) is 9.88 Å². The highest BCUT2D eigenvalue weighted by molar-refractivity contribution is 5.75. The molecule has 0 aliphatic carbocycles. The molecule has 2 saturated heterocycles. The third-order valence-corrected chi connectivity index (χ3v) is 4.59. The van der Waals surface area contributed by atoms with E-state index in [2.05, 4.69) is 29.1 Å². The maximum Gasteiger partial charge on any atom is 0.0376 e. The van der Waals surface area contributed by atoms with Crippen LogP contribution in [0.3, 0.4) is 0 Å². The second-order valence-electron chi connectivity index (χ2n) is 5.34. The van der Waals surface area contributed by atoms with Gasteiger partial charge in [-0.05, 0) is 43.4 Å². The average molecular weight is 211 g/mol. The molecule has 16 heavy (non-hydrogen) atoms. The van der Waals surface area contributed by atoms with Crippen molar-refractivity contribution >= 4 is 8.41 Å². The van der Waals surface area contributed by atoms with Crippen LogP contribution in [0.15, 0.2) is 12.3 Å². The zero-order valence-corrected chi connectivity index (χ0v) is 9.69. The Hall–Kier alpha value is -0.825. The Balaban J connectivity index is 0.000000810. The monoisotopic (exact) mass is 211 g/mol. The van der Waals surface area contributed by atoms with Gasteiger partial charge in [0.15, 0.2) is 0 Å². The van der Waals surface area contributed by atoms with Crippen LogP contribution in [0.4, 0.5) is 0 Å². The van der Waals surface area contributed by atoms with Gasteiger partial charge >= 0.3 is 0 Å². The van der Waals surface area contributed by atoms with Crippen molar-refractivity contribution in [3.05, 3.63) is 29.1 Å². The first-order valence-corrected chi connectivity index (χ1v) is 6.04. The molecular weight excluding hydrogens is 195 g/mol. The molecule has 4 heterocycles. The van der Waals surface area contributed by atoms with E-state index in [0.717, 1.165) is 18.0 Å². The summed E-state index contributed by atoms with van der Waals surface area (Å²) in [6.07, 6.45) is 6.39. The summed E-state index contributed by atoms with van der Waals surface area (Å²) in [5.41, 5.74) is 4.28. The average Bonchev–Trinajstić information content (AvgIpc) is 2.73. The van der Waals surface area contributed by atoms with Crippen LogP contribution >= 0.6 is 0 Å². The summed E-state index contributed by atoms with van der Waals surface area (Å²) >= 11 is 0. The fraction of sp³-hybridized carbons (Fsp3) is 0.615. The highest BCUT2D eigenvalue weighted by atomic mass is 15.2. The number of hydrogen-bond acceptors (Lipinski definition) is 2. The molecule has 0 amide bonds. The number of nitrogens with zero attached hydrogens (tertiary/aromatic N) is 2. The van der Waals surface area contributed by atoms with Crippen molar-refractivity contribution in [3.8, 4) is 0 Å². The lowest BCUT2D eigenvalue weighted by Crippen LogP contribution is -2.33. The van der Waals surface area contributed by atoms with Gasteiger partial charge in [-0.3, -0.25) is 9.88 Å². The molecule has 0 saturated carbocycles. The summed E-state index contributed by atoms with van der Waals surface area (Å²) in [7, 11) is 0. The minimum atomic E-state index is 0. The lowest BCUT2D eigenvalue weighted by molar-refractivity contribution is 0.227. The quantitative estimate of drug-likeness (QED) is 0.608. The highest BCUT2D eigenvalue weighted by Gasteiger charge is 2.49. The summed E-state index contributed by atoms with van der Waals surface area (Å²) in [6, 6.07) is 4.03. The number of fused-ring (bicyclic) bond motifs is 2. The molecule has 4 bridgehead atoms. The summed E-state index contributed by atoms with van der Waals surface area (Å²) in [6.45, 7) is 3.28. The van der Waals surface area contributed by atoms with Crippen LogP contribution in [0.5, 0.6) is 0 Å². The number of aryl methyl sites for hydroxylation is 1. The minimum absolute atomic E-state index is 0. The number of aromatic nitrogens is 1. The van der Waals surface area contributed by atoms with E-state index in [0.29, 0.717) is 0 Å². The molecule has 0 aromatic carbocycles. The van der Waals surface area contributed by atoms with Crippen molar-refractivity contribution in [3.63, 3.8) is 0 Å². The normalized spacial score (nSPS) is 38.1. The second kappa shape index (κ2) is 3.33. The molecule has 3 aliphatic rings. The van der Waals surface area contributed by atoms with Crippen LogP contribution in [-0.4, -0.2) is 30.4 Å². The third kappa shape index (κ3) is 1.15. The van der Waals surface area contributed by atoms with E-state index in [1.54, 1.807) is 11.1 Å². The number of pyridine rings is 1. The van der Waals surface area contributed by atoms with Gasteiger partial charge in [0.25, 0.3) is 0 Å². The van der Waals surface area contributed by atoms with Crippen molar-refractivity contribution < 1.29 is 0 Å². The van der Waals surface area contributed by atoms with Crippen LogP contribution in [-0.2, 0) is 6.54 Å². The highest BCUT2D eigenvalue weighted by Crippen LogP contribution is 2.51. The van der Waals surface area contributed by atoms with Gasteiger partial charge in [0, 0.05) is 44.9 Å². The van der Waals surface area contributed by atoms with E-state index in [-0.39, 0.29) is 8.41 Å². The first-order chi connectivity index (χ1) is 7.33. The van der Waals surface area contributed by atoms with Crippen LogP contribution in [0.1, 0.15) is 42.0 Å². The molecular formula is C13H16BN2. The molecule has 3 radical (unpaired) electrons. The topological polar surface area (TPSA) is 16.1 Å². The second-order valence-corrected chi connectivity index (χ2v) is 5.34. The summed E-state index contributed by atoms with van der Waals surface area (Å²) < 4.78 is 0. The fourth-order valence-electron chi connectivity index (χ4n) is 3.98. The maximum atomic E-state index is 4.47. The predicted molar refractivity (Wildman–Crippen MR) is 64.4 cm³/mol. The molecule has 1 aromatic heterocycles. The van der Waals surface area contributed by atoms with Crippen LogP contribution < -0.4 is 0 Å². The first-order valence-electron chi connectivity index (χ1n) is 6.04. The molecule has 1 aromatic rings. The van der Waals surface area contributed by atoms with E-state index in [4.69, 9.17) is 0 Å². The lowest BCUT2D eigenvalue weighted by Gasteiger charge is -2.31. The van der Waals surface area contributed by atoms with Crippen molar-refractivity contribution in [2.75, 3.05) is 0 Å². The van der Waals surface area contributed by atoms with Gasteiger partial charge in [0.2, 0.25) is 0 Å². The van der Waals surface area contributed by atoms with Crippen molar-refractivity contribution in [2.24, 2.45) is 0 Å². The van der Waals surface area contributed by atoms with Gasteiger partial charge in [0.1, 0.15) is 0 Å². The Morgan fingerprint density at radius 1 is 1.38 bits per heavy atom. The lowest BCUT2D eigenvalue weighted by atomic mass is 9.81. The molecule has 0 spiro atoms. The van der Waals surface area contributed by atoms with Crippen LogP contribution in [0.25, 0.3) is 0 Å². The Morgan fingerprint density at radius 2 is 2.25 bits per heavy atom. The number of rotatable bonds is 0. The third-order valence-electron chi connectivity index (χ3n) is 4.59. The number of hydrogen-bond donors (Lipinski definition) is 0. The predicted octanol–water partition coefficient (Wildman–Crippen LogP) is 1.84. The van der Waals surface area contributed by atoms with Crippen LogP contribution in [0, 0.1) is 6.92 Å². The van der Waals surface area contributed by atoms with Crippen molar-refractivity contribution in [2.45, 2.75) is 50.7 Å². The van der Waals surface area contributed by atoms with E-state index >= 15 is 0 Å². The minimum Gasteiger partial charge on any atom is -0.293 e. The van der Waals surface area contributed by atoms with Gasteiger partial charge in [-0.25, -0.2) is 0 Å². The standard InChI is InChI=1S/C13H16N2.B/c1-8-4-9-7-15-10-2-3-13(15)11(5-10)12(9)6-14-8;/h4,6,10-11,13H,2-3,5,7H2,1H3;. The Bertz CT molecular complexity index is 432. The molecule has 2 fully saturated rings. The SMILES string of the molecule is Cc1cc2c(cn1)C1CC3CCC1N3C2.[B]. The first kappa shape index (κ1) is 10.3. The fourth-order valence-corrected chi connectivity index (χ4v) is 3.98. The van der Waals surface area contributed by atoms with E-state index < -0.39 is 0 Å². The van der Waals surface area contributed by atoms with Gasteiger partial charge in [0.05, 0.1) is 0 Å². The Labute approximate surface area is 98.6 Å². The van der Waals surface area contributed by atoms with E-state index in [9.17, 15) is 0 Å². The molecule has 4 unspecified atom stereocenters. The van der Waals surface area contributed by atoms with E-state index in [1.165, 1.54) is 31.5 Å². The zero-order valence-electron chi connectivity index (χ0n) is 9.69. The summed E-state index contributed by atoms with van der Waals surface area (Å²) in [5, 5.41) is 0. The van der Waals surface area contributed by atoms with Gasteiger partial charge < -0.3 is 0 Å². The van der Waals surface area contributed by atoms with Gasteiger partial charge in [-0.15, -0.1) is 0 Å². The molecule has 4 atom stereocenters. The molecule has 4 rings (SSSR count). The molecule has 3 heteroatoms. The smallest absolute Gasteiger partial charge is 0.0376 e. The molecule has 3 aliphatic heterocycles. The maximum absolute atomic E-state index is 4.47. The summed E-state index contributed by atoms with van der Waals surface area (Å²) in [5.74, 6) is 0.806.